The summed E-state index contributed by atoms with van der Waals surface area (Å²) in [5.41, 5.74) is 3.02. The van der Waals surface area contributed by atoms with E-state index in [4.69, 9.17) is 0 Å². The van der Waals surface area contributed by atoms with Crippen molar-refractivity contribution in [2.45, 2.75) is 47.2 Å². The zero-order valence-corrected chi connectivity index (χ0v) is 16.7. The van der Waals surface area contributed by atoms with Crippen molar-refractivity contribution in [1.29, 1.82) is 0 Å². The summed E-state index contributed by atoms with van der Waals surface area (Å²) in [6.07, 6.45) is 0. The number of amides is 3. The van der Waals surface area contributed by atoms with Gasteiger partial charge in [-0.15, -0.1) is 0 Å². The molecule has 1 heterocycles. The van der Waals surface area contributed by atoms with Crippen molar-refractivity contribution in [2.75, 3.05) is 11.9 Å². The van der Waals surface area contributed by atoms with E-state index in [1.54, 1.807) is 24.3 Å². The van der Waals surface area contributed by atoms with Crippen LogP contribution in [0.5, 0.6) is 0 Å². The SMILES string of the molecule is Cc1cc(C)n(CC(C)CNC(=O)c2ccccc2NC(=O)NC(C)C)n1. The van der Waals surface area contributed by atoms with Crippen molar-refractivity contribution in [3.8, 4) is 0 Å². The fraction of sp³-hybridized carbons (Fsp3) is 0.450. The second kappa shape index (κ2) is 9.21. The van der Waals surface area contributed by atoms with E-state index in [1.807, 2.05) is 38.4 Å². The van der Waals surface area contributed by atoms with E-state index in [0.717, 1.165) is 17.9 Å². The average molecular weight is 371 g/mol. The molecule has 3 amide bonds. The maximum atomic E-state index is 12.6. The first kappa shape index (κ1) is 20.5. The molecule has 2 rings (SSSR count). The second-order valence-corrected chi connectivity index (χ2v) is 7.22. The maximum Gasteiger partial charge on any atom is 0.319 e. The van der Waals surface area contributed by atoms with Crippen molar-refractivity contribution >= 4 is 17.6 Å². The zero-order chi connectivity index (χ0) is 20.0. The first-order chi connectivity index (χ1) is 12.8. The van der Waals surface area contributed by atoms with Gasteiger partial charge >= 0.3 is 6.03 Å². The van der Waals surface area contributed by atoms with E-state index >= 15 is 0 Å². The number of hydrogen-bond acceptors (Lipinski definition) is 3. The van der Waals surface area contributed by atoms with Crippen LogP contribution in [-0.4, -0.2) is 34.3 Å². The Kier molecular flexibility index (Phi) is 6.98. The highest BCUT2D eigenvalue weighted by atomic mass is 16.2. The molecule has 1 aromatic heterocycles. The van der Waals surface area contributed by atoms with Crippen LogP contribution in [0.1, 0.15) is 42.5 Å². The van der Waals surface area contributed by atoms with Crippen molar-refractivity contribution < 1.29 is 9.59 Å². The number of carbonyl (C=O) groups excluding carboxylic acids is 2. The summed E-state index contributed by atoms with van der Waals surface area (Å²) in [7, 11) is 0. The Bertz CT molecular complexity index is 797. The molecular weight excluding hydrogens is 342 g/mol. The smallest absolute Gasteiger partial charge is 0.319 e. The number of para-hydroxylation sites is 1. The van der Waals surface area contributed by atoms with E-state index in [2.05, 4.69) is 28.0 Å². The predicted octanol–water partition coefficient (Wildman–Crippen LogP) is 3.10. The molecule has 0 radical (unpaired) electrons. The van der Waals surface area contributed by atoms with E-state index < -0.39 is 0 Å². The molecule has 0 aliphatic heterocycles. The number of rotatable bonds is 7. The normalized spacial score (nSPS) is 11.9. The fourth-order valence-electron chi connectivity index (χ4n) is 2.79. The molecule has 1 atom stereocenters. The Balaban J connectivity index is 1.95. The van der Waals surface area contributed by atoms with Crippen molar-refractivity contribution in [2.24, 2.45) is 5.92 Å². The third-order valence-corrected chi connectivity index (χ3v) is 4.04. The number of nitrogens with zero attached hydrogens (tertiary/aromatic N) is 2. The first-order valence-corrected chi connectivity index (χ1v) is 9.22. The molecule has 0 saturated carbocycles. The summed E-state index contributed by atoms with van der Waals surface area (Å²) in [6.45, 7) is 11.1. The van der Waals surface area contributed by atoms with E-state index in [0.29, 0.717) is 17.8 Å². The number of urea groups is 1. The zero-order valence-electron chi connectivity index (χ0n) is 16.7. The summed E-state index contributed by atoms with van der Waals surface area (Å²) >= 11 is 0. The van der Waals surface area contributed by atoms with Gasteiger partial charge in [-0.25, -0.2) is 4.79 Å². The standard InChI is InChI=1S/C20H29N5O2/c1-13(2)22-20(27)23-18-9-7-6-8-17(18)19(26)21-11-14(3)12-25-16(5)10-15(4)24-25/h6-10,13-14H,11-12H2,1-5H3,(H,21,26)(H2,22,23,27). The lowest BCUT2D eigenvalue weighted by Crippen LogP contribution is -2.35. The van der Waals surface area contributed by atoms with Crippen LogP contribution in [0.3, 0.4) is 0 Å². The molecule has 1 unspecified atom stereocenters. The van der Waals surface area contributed by atoms with Crippen molar-refractivity contribution in [1.82, 2.24) is 20.4 Å². The molecule has 0 bridgehead atoms. The van der Waals surface area contributed by atoms with Gasteiger partial charge in [0, 0.05) is 24.8 Å². The molecule has 0 spiro atoms. The highest BCUT2D eigenvalue weighted by molar-refractivity contribution is 6.03. The van der Waals surface area contributed by atoms with Gasteiger partial charge in [-0.05, 0) is 51.8 Å². The van der Waals surface area contributed by atoms with Crippen molar-refractivity contribution in [3.63, 3.8) is 0 Å². The molecular formula is C20H29N5O2. The lowest BCUT2D eigenvalue weighted by atomic mass is 10.1. The van der Waals surface area contributed by atoms with Gasteiger partial charge in [-0.3, -0.25) is 9.48 Å². The summed E-state index contributed by atoms with van der Waals surface area (Å²) in [6, 6.07) is 8.70. The summed E-state index contributed by atoms with van der Waals surface area (Å²) in [5.74, 6) is 0.00646. The Morgan fingerprint density at radius 1 is 1.15 bits per heavy atom. The average Bonchev–Trinajstić information content (AvgIpc) is 2.89. The molecule has 146 valence electrons. The van der Waals surface area contributed by atoms with E-state index in [1.165, 1.54) is 0 Å². The topological polar surface area (TPSA) is 88.0 Å². The van der Waals surface area contributed by atoms with Crippen LogP contribution in [0.25, 0.3) is 0 Å². The fourth-order valence-corrected chi connectivity index (χ4v) is 2.79. The monoisotopic (exact) mass is 371 g/mol. The molecule has 7 heteroatoms. The van der Waals surface area contributed by atoms with Crippen LogP contribution < -0.4 is 16.0 Å². The van der Waals surface area contributed by atoms with Gasteiger partial charge < -0.3 is 16.0 Å². The van der Waals surface area contributed by atoms with E-state index in [9.17, 15) is 9.59 Å². The Labute approximate surface area is 160 Å². The number of aromatic nitrogens is 2. The predicted molar refractivity (Wildman–Crippen MR) is 107 cm³/mol. The van der Waals surface area contributed by atoms with Crippen LogP contribution in [0.15, 0.2) is 30.3 Å². The molecule has 0 aliphatic carbocycles. The van der Waals surface area contributed by atoms with Crippen LogP contribution in [0, 0.1) is 19.8 Å². The van der Waals surface area contributed by atoms with Crippen LogP contribution >= 0.6 is 0 Å². The minimum absolute atomic E-state index is 0.0150. The number of benzene rings is 1. The molecule has 2 aromatic rings. The lowest BCUT2D eigenvalue weighted by molar-refractivity contribution is 0.0947. The molecule has 0 fully saturated rings. The molecule has 0 saturated heterocycles. The van der Waals surface area contributed by atoms with Gasteiger partial charge in [0.2, 0.25) is 0 Å². The Hall–Kier alpha value is -2.83. The van der Waals surface area contributed by atoms with Crippen LogP contribution in [0.2, 0.25) is 0 Å². The molecule has 0 aliphatic rings. The maximum absolute atomic E-state index is 12.6. The summed E-state index contributed by atoms with van der Waals surface area (Å²) < 4.78 is 1.96. The quantitative estimate of drug-likeness (QED) is 0.699. The van der Waals surface area contributed by atoms with Crippen LogP contribution in [0.4, 0.5) is 10.5 Å². The molecule has 1 aromatic carbocycles. The third-order valence-electron chi connectivity index (χ3n) is 4.04. The van der Waals surface area contributed by atoms with Gasteiger partial charge in [0.05, 0.1) is 16.9 Å². The van der Waals surface area contributed by atoms with Crippen LogP contribution in [-0.2, 0) is 6.54 Å². The minimum atomic E-state index is -0.330. The molecule has 7 nitrogen and oxygen atoms in total. The number of anilines is 1. The first-order valence-electron chi connectivity index (χ1n) is 9.22. The number of nitrogens with one attached hydrogen (secondary N) is 3. The second-order valence-electron chi connectivity index (χ2n) is 7.22. The van der Waals surface area contributed by atoms with Gasteiger partial charge in [-0.1, -0.05) is 19.1 Å². The van der Waals surface area contributed by atoms with Gasteiger partial charge in [0.1, 0.15) is 0 Å². The van der Waals surface area contributed by atoms with Gasteiger partial charge in [0.15, 0.2) is 0 Å². The highest BCUT2D eigenvalue weighted by Gasteiger charge is 2.15. The summed E-state index contributed by atoms with van der Waals surface area (Å²) in [5, 5.41) is 12.9. The Morgan fingerprint density at radius 2 is 1.85 bits per heavy atom. The molecule has 27 heavy (non-hydrogen) atoms. The number of hydrogen-bond donors (Lipinski definition) is 3. The van der Waals surface area contributed by atoms with Gasteiger partial charge in [-0.2, -0.15) is 5.10 Å². The highest BCUT2D eigenvalue weighted by Crippen LogP contribution is 2.15. The summed E-state index contributed by atoms with van der Waals surface area (Å²) in [4.78, 5) is 24.5. The van der Waals surface area contributed by atoms with E-state index in [-0.39, 0.29) is 23.9 Å². The number of carbonyl (C=O) groups is 2. The number of aryl methyl sites for hydroxylation is 2. The lowest BCUT2D eigenvalue weighted by Gasteiger charge is -2.16. The third kappa shape index (κ3) is 6.13. The minimum Gasteiger partial charge on any atom is -0.352 e. The largest absolute Gasteiger partial charge is 0.352 e. The molecule has 3 N–H and O–H groups in total. The van der Waals surface area contributed by atoms with Gasteiger partial charge in [0.25, 0.3) is 5.91 Å². The van der Waals surface area contributed by atoms with Crippen molar-refractivity contribution in [3.05, 3.63) is 47.3 Å². The Morgan fingerprint density at radius 3 is 2.48 bits per heavy atom.